The molecule has 0 unspecified atom stereocenters. The normalized spacial score (nSPS) is 10.2. The number of hydrogen-bond donors (Lipinski definition) is 0. The third-order valence-corrected chi connectivity index (χ3v) is 2.64. The van der Waals surface area contributed by atoms with Crippen LogP contribution in [-0.4, -0.2) is 15.5 Å². The van der Waals surface area contributed by atoms with E-state index in [9.17, 15) is 4.79 Å². The van der Waals surface area contributed by atoms with Crippen molar-refractivity contribution in [2.45, 2.75) is 13.5 Å². The molecule has 0 fully saturated rings. The Morgan fingerprint density at radius 1 is 1.35 bits per heavy atom. The van der Waals surface area contributed by atoms with Gasteiger partial charge >= 0.3 is 5.97 Å². The smallest absolute Gasteiger partial charge is 0.356 e. The molecule has 1 aromatic heterocycles. The molecule has 0 aliphatic carbocycles. The first-order valence-electron chi connectivity index (χ1n) is 5.38. The first kappa shape index (κ1) is 11.4. The number of benzene rings is 1. The number of aromatic nitrogens is 2. The van der Waals surface area contributed by atoms with Crippen molar-refractivity contribution in [3.05, 3.63) is 53.6 Å². The van der Waals surface area contributed by atoms with E-state index in [0.717, 1.165) is 11.4 Å². The summed E-state index contributed by atoms with van der Waals surface area (Å²) in [4.78, 5) is 15.8. The minimum absolute atomic E-state index is 0.282. The van der Waals surface area contributed by atoms with E-state index in [0.29, 0.717) is 5.69 Å². The lowest BCUT2D eigenvalue weighted by atomic mass is 10.2. The molecule has 0 saturated carbocycles. The summed E-state index contributed by atoms with van der Waals surface area (Å²) >= 11 is 0. The molecule has 0 spiro atoms. The Morgan fingerprint density at radius 3 is 2.65 bits per heavy atom. The summed E-state index contributed by atoms with van der Waals surface area (Å²) in [5.74, 6) is 0.439. The van der Waals surface area contributed by atoms with Gasteiger partial charge < -0.3 is 9.30 Å². The fourth-order valence-electron chi connectivity index (χ4n) is 1.49. The third-order valence-electron chi connectivity index (χ3n) is 2.64. The van der Waals surface area contributed by atoms with Crippen molar-refractivity contribution >= 4 is 5.97 Å². The number of carbonyl (C=O) groups is 1. The highest BCUT2D eigenvalue weighted by Gasteiger charge is 2.13. The van der Waals surface area contributed by atoms with Crippen molar-refractivity contribution in [3.8, 4) is 0 Å². The van der Waals surface area contributed by atoms with Crippen LogP contribution in [0, 0.1) is 6.92 Å². The Hall–Kier alpha value is -2.10. The molecular formula is C13H14N2O2. The SMILES string of the molecule is Cc1ncc(C(=O)OCc2ccccc2)n1C. The summed E-state index contributed by atoms with van der Waals surface area (Å²) in [5.41, 5.74) is 1.44. The molecule has 0 aliphatic rings. The molecular weight excluding hydrogens is 216 g/mol. The van der Waals surface area contributed by atoms with Crippen molar-refractivity contribution in [1.82, 2.24) is 9.55 Å². The molecule has 1 heterocycles. The lowest BCUT2D eigenvalue weighted by molar-refractivity contribution is 0.0461. The molecule has 0 saturated heterocycles. The van der Waals surface area contributed by atoms with Crippen LogP contribution in [0.15, 0.2) is 36.5 Å². The molecule has 17 heavy (non-hydrogen) atoms. The van der Waals surface area contributed by atoms with Gasteiger partial charge in [0.15, 0.2) is 0 Å². The third kappa shape index (κ3) is 2.53. The molecule has 88 valence electrons. The van der Waals surface area contributed by atoms with Crippen LogP contribution in [0.5, 0.6) is 0 Å². The summed E-state index contributed by atoms with van der Waals surface area (Å²) in [6.07, 6.45) is 1.53. The molecule has 2 rings (SSSR count). The van der Waals surface area contributed by atoms with Gasteiger partial charge in [0.2, 0.25) is 0 Å². The van der Waals surface area contributed by atoms with Crippen LogP contribution in [0.1, 0.15) is 21.9 Å². The van der Waals surface area contributed by atoms with E-state index in [1.165, 1.54) is 6.20 Å². The molecule has 0 atom stereocenters. The number of hydrogen-bond acceptors (Lipinski definition) is 3. The topological polar surface area (TPSA) is 44.1 Å². The summed E-state index contributed by atoms with van der Waals surface area (Å²) in [6, 6.07) is 9.59. The Bertz CT molecular complexity index is 517. The Labute approximate surface area is 99.9 Å². The van der Waals surface area contributed by atoms with E-state index in [1.54, 1.807) is 11.6 Å². The van der Waals surface area contributed by atoms with E-state index in [2.05, 4.69) is 4.98 Å². The summed E-state index contributed by atoms with van der Waals surface area (Å²) < 4.78 is 6.92. The quantitative estimate of drug-likeness (QED) is 0.758. The first-order valence-corrected chi connectivity index (χ1v) is 5.38. The number of rotatable bonds is 3. The largest absolute Gasteiger partial charge is 0.456 e. The van der Waals surface area contributed by atoms with Gasteiger partial charge in [0.25, 0.3) is 0 Å². The van der Waals surface area contributed by atoms with Crippen LogP contribution >= 0.6 is 0 Å². The minimum atomic E-state index is -0.350. The van der Waals surface area contributed by atoms with E-state index >= 15 is 0 Å². The van der Waals surface area contributed by atoms with Crippen LogP contribution in [0.2, 0.25) is 0 Å². The molecule has 0 bridgehead atoms. The highest BCUT2D eigenvalue weighted by Crippen LogP contribution is 2.07. The van der Waals surface area contributed by atoms with Crippen LogP contribution < -0.4 is 0 Å². The van der Waals surface area contributed by atoms with Crippen molar-refractivity contribution in [2.24, 2.45) is 7.05 Å². The van der Waals surface area contributed by atoms with Gasteiger partial charge in [-0.2, -0.15) is 0 Å². The maximum Gasteiger partial charge on any atom is 0.356 e. The lowest BCUT2D eigenvalue weighted by Crippen LogP contribution is -2.10. The fourth-order valence-corrected chi connectivity index (χ4v) is 1.49. The van der Waals surface area contributed by atoms with E-state index in [1.807, 2.05) is 37.3 Å². The van der Waals surface area contributed by atoms with E-state index < -0.39 is 0 Å². The van der Waals surface area contributed by atoms with Gasteiger partial charge in [-0.25, -0.2) is 9.78 Å². The van der Waals surface area contributed by atoms with E-state index in [-0.39, 0.29) is 12.6 Å². The number of imidazole rings is 1. The predicted molar refractivity (Wildman–Crippen MR) is 63.5 cm³/mol. The zero-order chi connectivity index (χ0) is 12.3. The molecule has 1 aromatic carbocycles. The van der Waals surface area contributed by atoms with Gasteiger partial charge in [0.05, 0.1) is 6.20 Å². The Morgan fingerprint density at radius 2 is 2.06 bits per heavy atom. The van der Waals surface area contributed by atoms with Gasteiger partial charge in [-0.15, -0.1) is 0 Å². The zero-order valence-corrected chi connectivity index (χ0v) is 9.88. The molecule has 2 aromatic rings. The average molecular weight is 230 g/mol. The predicted octanol–water partition coefficient (Wildman–Crippen LogP) is 2.09. The summed E-state index contributed by atoms with van der Waals surface area (Å²) in [5, 5.41) is 0. The van der Waals surface area contributed by atoms with Gasteiger partial charge in [-0.05, 0) is 12.5 Å². The molecule has 4 nitrogen and oxygen atoms in total. The minimum Gasteiger partial charge on any atom is -0.456 e. The van der Waals surface area contributed by atoms with Gasteiger partial charge in [-0.3, -0.25) is 0 Å². The maximum absolute atomic E-state index is 11.8. The first-order chi connectivity index (χ1) is 8.18. The summed E-state index contributed by atoms with van der Waals surface area (Å²) in [6.45, 7) is 2.12. The van der Waals surface area contributed by atoms with Gasteiger partial charge in [0, 0.05) is 7.05 Å². The fraction of sp³-hybridized carbons (Fsp3) is 0.231. The summed E-state index contributed by atoms with van der Waals surface area (Å²) in [7, 11) is 1.79. The zero-order valence-electron chi connectivity index (χ0n) is 9.88. The van der Waals surface area contributed by atoms with E-state index in [4.69, 9.17) is 4.74 Å². The Balaban J connectivity index is 2.01. The number of ether oxygens (including phenoxy) is 1. The van der Waals surface area contributed by atoms with Crippen LogP contribution in [-0.2, 0) is 18.4 Å². The average Bonchev–Trinajstić information content (AvgIpc) is 2.69. The second-order valence-corrected chi connectivity index (χ2v) is 3.81. The van der Waals surface area contributed by atoms with Crippen LogP contribution in [0.25, 0.3) is 0 Å². The van der Waals surface area contributed by atoms with Crippen molar-refractivity contribution in [1.29, 1.82) is 0 Å². The van der Waals surface area contributed by atoms with Crippen LogP contribution in [0.4, 0.5) is 0 Å². The van der Waals surface area contributed by atoms with Crippen molar-refractivity contribution < 1.29 is 9.53 Å². The molecule has 0 amide bonds. The highest BCUT2D eigenvalue weighted by molar-refractivity contribution is 5.87. The second kappa shape index (κ2) is 4.82. The molecule has 0 aliphatic heterocycles. The van der Waals surface area contributed by atoms with Crippen molar-refractivity contribution in [3.63, 3.8) is 0 Å². The second-order valence-electron chi connectivity index (χ2n) is 3.81. The molecule has 0 radical (unpaired) electrons. The molecule has 0 N–H and O–H groups in total. The molecule has 4 heteroatoms. The lowest BCUT2D eigenvalue weighted by Gasteiger charge is -2.05. The number of aryl methyl sites for hydroxylation is 1. The highest BCUT2D eigenvalue weighted by atomic mass is 16.5. The van der Waals surface area contributed by atoms with Gasteiger partial charge in [-0.1, -0.05) is 30.3 Å². The number of esters is 1. The Kier molecular flexibility index (Phi) is 3.23. The van der Waals surface area contributed by atoms with Crippen LogP contribution in [0.3, 0.4) is 0 Å². The van der Waals surface area contributed by atoms with Crippen molar-refractivity contribution in [2.75, 3.05) is 0 Å². The van der Waals surface area contributed by atoms with Gasteiger partial charge in [0.1, 0.15) is 18.1 Å². The monoisotopic (exact) mass is 230 g/mol. The standard InChI is InChI=1S/C13H14N2O2/c1-10-14-8-12(15(10)2)13(16)17-9-11-6-4-3-5-7-11/h3-8H,9H2,1-2H3. The number of carbonyl (C=O) groups excluding carboxylic acids is 1. The maximum atomic E-state index is 11.8. The number of nitrogens with zero attached hydrogens (tertiary/aromatic N) is 2.